The Bertz CT molecular complexity index is 8.00. The highest BCUT2D eigenvalue weighted by molar-refractivity contribution is 7.00. The maximum absolute atomic E-state index is 8.06. The fourth-order valence-electron chi connectivity index (χ4n) is 0. The first-order chi connectivity index (χ1) is 1.00. The monoisotopic (exact) mass is 81.0 g/mol. The van der Waals surface area contributed by atoms with Crippen molar-refractivity contribution in [2.75, 3.05) is 0 Å². The second-order valence-corrected chi connectivity index (χ2v) is 0. The molecule has 0 atom stereocenters. The van der Waals surface area contributed by atoms with Crippen molar-refractivity contribution in [3.05, 3.63) is 0 Å². The van der Waals surface area contributed by atoms with Gasteiger partial charge in [-0.05, 0) is 0 Å². The first-order valence-electron chi connectivity index (χ1n) is 0.204. The van der Waals surface area contributed by atoms with E-state index in [9.17, 15) is 0 Å². The van der Waals surface area contributed by atoms with Gasteiger partial charge in [-0.25, -0.2) is 0 Å². The van der Waals surface area contributed by atoms with Gasteiger partial charge in [-0.3, -0.25) is 4.57 Å². The van der Waals surface area contributed by atoms with Crippen molar-refractivity contribution < 1.29 is 4.57 Å². The Morgan fingerprint density at radius 2 is 1.25 bits per heavy atom. The van der Waals surface area contributed by atoms with Crippen molar-refractivity contribution in [1.29, 1.82) is 0 Å². The van der Waals surface area contributed by atoms with E-state index in [1.54, 1.807) is 9.12 Å². The molecule has 0 aliphatic rings. The topological polar surface area (TPSA) is 52.1 Å². The summed E-state index contributed by atoms with van der Waals surface area (Å²) in [5.41, 5.74) is 0. The molecule has 0 fully saturated rings. The molecule has 0 aromatic rings. The highest BCUT2D eigenvalue weighted by atomic mass is 31.0. The lowest BCUT2D eigenvalue weighted by molar-refractivity contribution is 0.607. The third-order valence-corrected chi connectivity index (χ3v) is 0. The summed E-state index contributed by atoms with van der Waals surface area (Å²) >= 11 is 0. The predicted molar refractivity (Wildman–Crippen MR) is 20.8 cm³/mol. The second kappa shape index (κ2) is 3610. The zero-order chi connectivity index (χ0) is 2.00. The van der Waals surface area contributed by atoms with Crippen LogP contribution in [-0.4, -0.2) is 0 Å². The lowest BCUT2D eigenvalue weighted by atomic mass is 12.0. The SMILES string of the molecule is C.N.O=P. The van der Waals surface area contributed by atoms with Crippen LogP contribution in [0.25, 0.3) is 0 Å². The molecule has 0 aliphatic heterocycles. The normalized spacial score (nSPS) is 1.00. The summed E-state index contributed by atoms with van der Waals surface area (Å²) in [6.07, 6.45) is 0. The van der Waals surface area contributed by atoms with Crippen molar-refractivity contribution in [3.8, 4) is 0 Å². The van der Waals surface area contributed by atoms with Gasteiger partial charge in [0.2, 0.25) is 0 Å². The molecule has 3 heteroatoms. The van der Waals surface area contributed by atoms with Crippen molar-refractivity contribution in [2.24, 2.45) is 0 Å². The van der Waals surface area contributed by atoms with Gasteiger partial charge in [0.05, 0.1) is 0 Å². The molecule has 0 saturated carbocycles. The third-order valence-electron chi connectivity index (χ3n) is 0. The van der Waals surface area contributed by atoms with E-state index in [0.717, 1.165) is 0 Å². The predicted octanol–water partition coefficient (Wildman–Crippen LogP) is 1.27. The van der Waals surface area contributed by atoms with E-state index in [4.69, 9.17) is 4.57 Å². The van der Waals surface area contributed by atoms with Crippen LogP contribution in [-0.2, 0) is 4.57 Å². The molecule has 0 aliphatic carbocycles. The van der Waals surface area contributed by atoms with Gasteiger partial charge in [0.15, 0.2) is 0 Å². The maximum Gasteiger partial charge on any atom is 0.138 e. The van der Waals surface area contributed by atoms with Crippen LogP contribution in [0.15, 0.2) is 0 Å². The fourth-order valence-corrected chi connectivity index (χ4v) is 0. The Morgan fingerprint density at radius 3 is 1.25 bits per heavy atom. The molecule has 0 unspecified atom stereocenters. The average Bonchev–Trinajstić information content (AvgIpc) is 1.00. The van der Waals surface area contributed by atoms with Crippen LogP contribution in [0.2, 0.25) is 0 Å². The summed E-state index contributed by atoms with van der Waals surface area (Å²) in [6, 6.07) is 0. The average molecular weight is 81.1 g/mol. The Kier molecular flexibility index (Phi) is 30500. The molecular formula is CH8NOP. The first kappa shape index (κ1) is 33.8. The number of hydrogen-bond acceptors (Lipinski definition) is 2. The van der Waals surface area contributed by atoms with Crippen LogP contribution < -0.4 is 6.15 Å². The molecule has 0 radical (unpaired) electrons. The van der Waals surface area contributed by atoms with Gasteiger partial charge in [-0.2, -0.15) is 0 Å². The summed E-state index contributed by atoms with van der Waals surface area (Å²) in [7, 11) is 1.72. The number of hydrogen-bond donors (Lipinski definition) is 1. The molecule has 0 aromatic carbocycles. The van der Waals surface area contributed by atoms with Crippen molar-refractivity contribution in [1.82, 2.24) is 6.15 Å². The smallest absolute Gasteiger partial charge is 0.138 e. The second-order valence-electron chi connectivity index (χ2n) is 0. The lowest BCUT2D eigenvalue weighted by Gasteiger charge is -0.807. The van der Waals surface area contributed by atoms with E-state index >= 15 is 0 Å². The Morgan fingerprint density at radius 1 is 1.25 bits per heavy atom. The summed E-state index contributed by atoms with van der Waals surface area (Å²) in [5.74, 6) is 0. The highest BCUT2D eigenvalue weighted by Crippen LogP contribution is 1.23. The molecule has 3 N–H and O–H groups in total. The minimum atomic E-state index is 0. The van der Waals surface area contributed by atoms with Crippen molar-refractivity contribution >= 4 is 9.12 Å². The van der Waals surface area contributed by atoms with E-state index in [-0.39, 0.29) is 13.6 Å². The van der Waals surface area contributed by atoms with E-state index in [1.807, 2.05) is 0 Å². The van der Waals surface area contributed by atoms with Crippen LogP contribution in [0, 0.1) is 0 Å². The molecule has 28 valence electrons. The van der Waals surface area contributed by atoms with Gasteiger partial charge in [-0.1, -0.05) is 7.43 Å². The van der Waals surface area contributed by atoms with E-state index in [0.29, 0.717) is 0 Å². The standard InChI is InChI=1S/CH4.H3N.HOP/c;;1-2/h1H4;1H3;2H. The van der Waals surface area contributed by atoms with Crippen LogP contribution in [0.5, 0.6) is 0 Å². The molecular weight excluding hydrogens is 73.0 g/mol. The quantitative estimate of drug-likeness (QED) is 0.446. The van der Waals surface area contributed by atoms with Gasteiger partial charge in [0.1, 0.15) is 9.12 Å². The van der Waals surface area contributed by atoms with Crippen molar-refractivity contribution in [2.45, 2.75) is 7.43 Å². The van der Waals surface area contributed by atoms with Gasteiger partial charge in [0, 0.05) is 0 Å². The zero-order valence-electron chi connectivity index (χ0n) is 1.62. The first-order valence-corrected chi connectivity index (χ1v) is 0.612. The van der Waals surface area contributed by atoms with Crippen molar-refractivity contribution in [3.63, 3.8) is 0 Å². The van der Waals surface area contributed by atoms with Gasteiger partial charge >= 0.3 is 0 Å². The molecule has 2 nitrogen and oxygen atoms in total. The van der Waals surface area contributed by atoms with Crippen LogP contribution in [0.3, 0.4) is 0 Å². The minimum absolute atomic E-state index is 0. The molecule has 4 heavy (non-hydrogen) atoms. The minimum Gasteiger partial charge on any atom is -0.344 e. The van der Waals surface area contributed by atoms with Crippen LogP contribution in [0.4, 0.5) is 0 Å². The largest absolute Gasteiger partial charge is 0.344 e. The maximum atomic E-state index is 8.06. The molecule has 0 rings (SSSR count). The molecule has 0 amide bonds. The lowest BCUT2D eigenvalue weighted by Crippen LogP contribution is -0.489. The molecule has 0 bridgehead atoms. The Labute approximate surface area is 28.4 Å². The summed E-state index contributed by atoms with van der Waals surface area (Å²) in [6.45, 7) is 0. The Hall–Kier alpha value is 0.0600. The van der Waals surface area contributed by atoms with E-state index in [2.05, 4.69) is 0 Å². The number of rotatable bonds is 0. The molecule has 0 spiro atoms. The zero-order valence-corrected chi connectivity index (χ0v) is 2.62. The molecule has 0 aromatic heterocycles. The van der Waals surface area contributed by atoms with Gasteiger partial charge in [-0.15, -0.1) is 0 Å². The van der Waals surface area contributed by atoms with Gasteiger partial charge in [0.25, 0.3) is 0 Å². The highest BCUT2D eigenvalue weighted by Gasteiger charge is 0.667. The van der Waals surface area contributed by atoms with Crippen LogP contribution in [0.1, 0.15) is 7.43 Å². The Balaban J connectivity index is -0.00000000500. The molecule has 0 heterocycles. The summed E-state index contributed by atoms with van der Waals surface area (Å²) in [5, 5.41) is 0. The van der Waals surface area contributed by atoms with Crippen LogP contribution >= 0.6 is 9.12 Å². The van der Waals surface area contributed by atoms with E-state index < -0.39 is 0 Å². The summed E-state index contributed by atoms with van der Waals surface area (Å²) < 4.78 is 8.06. The summed E-state index contributed by atoms with van der Waals surface area (Å²) in [4.78, 5) is 0. The third kappa shape index (κ3) is 643. The van der Waals surface area contributed by atoms with E-state index in [1.165, 1.54) is 0 Å². The van der Waals surface area contributed by atoms with Gasteiger partial charge < -0.3 is 6.15 Å². The fraction of sp³-hybridized carbons (Fsp3) is 1.00. The molecule has 0 saturated heterocycles.